The maximum Gasteiger partial charge on any atom is 0.304 e. The van der Waals surface area contributed by atoms with Crippen molar-refractivity contribution >= 4 is 36.6 Å². The van der Waals surface area contributed by atoms with Gasteiger partial charge in [0.2, 0.25) is 18.2 Å². The van der Waals surface area contributed by atoms with E-state index in [4.69, 9.17) is 18.9 Å². The van der Waals surface area contributed by atoms with E-state index in [9.17, 15) is 28.8 Å². The highest BCUT2D eigenvalue weighted by atomic mass is 16.6. The molecule has 0 saturated heterocycles. The molecule has 0 fully saturated rings. The van der Waals surface area contributed by atoms with Gasteiger partial charge in [-0.05, 0) is 6.92 Å². The molecule has 0 radical (unpaired) electrons. The first-order valence-corrected chi connectivity index (χ1v) is 7.34. The molecule has 0 spiro atoms. The number of hydrogen-bond acceptors (Lipinski definition) is 10. The minimum absolute atomic E-state index is 0.139. The fraction of sp³-hybridized carbons (Fsp3) is 0.600. The van der Waals surface area contributed by atoms with E-state index in [1.165, 1.54) is 0 Å². The van der Waals surface area contributed by atoms with Crippen molar-refractivity contribution in [2.45, 2.75) is 58.7 Å². The normalized spacial score (nSPS) is 15.9. The maximum atomic E-state index is 11.5. The van der Waals surface area contributed by atoms with Crippen LogP contribution in [0.4, 0.5) is 0 Å². The highest BCUT2D eigenvalue weighted by Gasteiger charge is 2.50. The number of carbonyl (C=O) groups excluding carboxylic acids is 6. The van der Waals surface area contributed by atoms with E-state index in [1.807, 2.05) is 0 Å². The van der Waals surface area contributed by atoms with Crippen LogP contribution in [-0.4, -0.2) is 60.6 Å². The van der Waals surface area contributed by atoms with Gasteiger partial charge in [0.1, 0.15) is 0 Å². The molecule has 1 N–H and O–H groups in total. The third-order valence-corrected chi connectivity index (χ3v) is 2.90. The number of nitrogens with one attached hydrogen (secondary N) is 1. The van der Waals surface area contributed by atoms with E-state index in [0.717, 1.165) is 34.6 Å². The fourth-order valence-corrected chi connectivity index (χ4v) is 2.11. The third-order valence-electron chi connectivity index (χ3n) is 2.90. The predicted octanol–water partition coefficient (Wildman–Crippen LogP) is -0.994. The summed E-state index contributed by atoms with van der Waals surface area (Å²) < 4.78 is 19.8. The zero-order valence-corrected chi connectivity index (χ0v) is 15.0. The van der Waals surface area contributed by atoms with Gasteiger partial charge in [-0.25, -0.2) is 0 Å². The SMILES string of the molecule is CC(=O)O[C@H]([C@H](C=O)OC(C)=O)[C@@H](OC(C)=O)[C@](C)(NC=O)OC(C)=O. The summed E-state index contributed by atoms with van der Waals surface area (Å²) in [6, 6.07) is 0. The number of carbonyl (C=O) groups is 6. The Morgan fingerprint density at radius 1 is 0.846 bits per heavy atom. The molecule has 0 rings (SSSR count). The van der Waals surface area contributed by atoms with Gasteiger partial charge in [-0.2, -0.15) is 0 Å². The molecule has 0 heterocycles. The van der Waals surface area contributed by atoms with Gasteiger partial charge in [-0.3, -0.25) is 28.8 Å². The van der Waals surface area contributed by atoms with Crippen LogP contribution in [0.3, 0.4) is 0 Å². The molecule has 146 valence electrons. The molecular weight excluding hydrogens is 354 g/mol. The quantitative estimate of drug-likeness (QED) is 0.218. The molecule has 4 atom stereocenters. The van der Waals surface area contributed by atoms with Crippen LogP contribution in [-0.2, 0) is 47.7 Å². The van der Waals surface area contributed by atoms with Gasteiger partial charge in [-0.15, -0.1) is 0 Å². The minimum atomic E-state index is -2.04. The van der Waals surface area contributed by atoms with Crippen LogP contribution in [0.25, 0.3) is 0 Å². The Hall–Kier alpha value is -2.98. The molecule has 0 bridgehead atoms. The molecule has 11 nitrogen and oxygen atoms in total. The van der Waals surface area contributed by atoms with Gasteiger partial charge in [0.15, 0.2) is 18.5 Å². The molecule has 0 saturated carbocycles. The first-order valence-electron chi connectivity index (χ1n) is 7.34. The highest BCUT2D eigenvalue weighted by Crippen LogP contribution is 2.24. The van der Waals surface area contributed by atoms with Gasteiger partial charge >= 0.3 is 23.9 Å². The van der Waals surface area contributed by atoms with Crippen molar-refractivity contribution in [1.82, 2.24) is 5.32 Å². The van der Waals surface area contributed by atoms with Crippen LogP contribution in [0.5, 0.6) is 0 Å². The van der Waals surface area contributed by atoms with Gasteiger partial charge < -0.3 is 24.3 Å². The molecule has 11 heteroatoms. The monoisotopic (exact) mass is 375 g/mol. The molecule has 0 aliphatic rings. The number of esters is 4. The van der Waals surface area contributed by atoms with Crippen molar-refractivity contribution in [3.8, 4) is 0 Å². The Bertz CT molecular complexity index is 575. The molecule has 0 aromatic carbocycles. The summed E-state index contributed by atoms with van der Waals surface area (Å²) in [4.78, 5) is 67.9. The van der Waals surface area contributed by atoms with E-state index >= 15 is 0 Å². The Morgan fingerprint density at radius 2 is 1.35 bits per heavy atom. The summed E-state index contributed by atoms with van der Waals surface area (Å²) in [6.07, 6.45) is -4.85. The Labute approximate surface area is 149 Å². The lowest BCUT2D eigenvalue weighted by Crippen LogP contribution is -2.63. The molecular formula is C15H21NO10. The van der Waals surface area contributed by atoms with Crippen LogP contribution in [0.2, 0.25) is 0 Å². The van der Waals surface area contributed by atoms with Crippen molar-refractivity contribution in [3.63, 3.8) is 0 Å². The molecule has 0 unspecified atom stereocenters. The average molecular weight is 375 g/mol. The summed E-state index contributed by atoms with van der Waals surface area (Å²) in [5.74, 6) is -3.60. The van der Waals surface area contributed by atoms with E-state index in [-0.39, 0.29) is 12.7 Å². The summed E-state index contributed by atoms with van der Waals surface area (Å²) in [5.41, 5.74) is -2.04. The van der Waals surface area contributed by atoms with Crippen molar-refractivity contribution < 1.29 is 47.7 Å². The number of rotatable bonds is 10. The lowest BCUT2D eigenvalue weighted by molar-refractivity contribution is -0.216. The van der Waals surface area contributed by atoms with Crippen LogP contribution in [0.15, 0.2) is 0 Å². The zero-order chi connectivity index (χ0) is 20.5. The van der Waals surface area contributed by atoms with Crippen LogP contribution in [0.1, 0.15) is 34.6 Å². The van der Waals surface area contributed by atoms with Crippen molar-refractivity contribution in [2.75, 3.05) is 0 Å². The molecule has 26 heavy (non-hydrogen) atoms. The molecule has 0 aliphatic carbocycles. The van der Waals surface area contributed by atoms with Crippen LogP contribution in [0, 0.1) is 0 Å². The number of amides is 1. The Morgan fingerprint density at radius 3 is 1.69 bits per heavy atom. The second-order valence-electron chi connectivity index (χ2n) is 5.28. The smallest absolute Gasteiger partial charge is 0.304 e. The maximum absolute atomic E-state index is 11.5. The van der Waals surface area contributed by atoms with Gasteiger partial charge in [0.25, 0.3) is 0 Å². The second kappa shape index (κ2) is 10.1. The van der Waals surface area contributed by atoms with Gasteiger partial charge in [-0.1, -0.05) is 0 Å². The average Bonchev–Trinajstić information content (AvgIpc) is 2.47. The number of aldehydes is 1. The summed E-state index contributed by atoms with van der Waals surface area (Å²) >= 11 is 0. The Kier molecular flexibility index (Phi) is 8.95. The number of ether oxygens (including phenoxy) is 4. The zero-order valence-electron chi connectivity index (χ0n) is 15.0. The molecule has 0 aromatic rings. The molecule has 0 aromatic heterocycles. The summed E-state index contributed by atoms with van der Waals surface area (Å²) in [6.45, 7) is 5.14. The van der Waals surface area contributed by atoms with Crippen LogP contribution >= 0.6 is 0 Å². The van der Waals surface area contributed by atoms with Crippen molar-refractivity contribution in [2.24, 2.45) is 0 Å². The van der Waals surface area contributed by atoms with Crippen molar-refractivity contribution in [3.05, 3.63) is 0 Å². The highest BCUT2D eigenvalue weighted by molar-refractivity contribution is 5.72. The van der Waals surface area contributed by atoms with E-state index in [1.54, 1.807) is 0 Å². The topological polar surface area (TPSA) is 151 Å². The van der Waals surface area contributed by atoms with E-state index < -0.39 is 47.9 Å². The lowest BCUT2D eigenvalue weighted by atomic mass is 9.98. The van der Waals surface area contributed by atoms with E-state index in [2.05, 4.69) is 5.32 Å². The number of hydrogen-bond donors (Lipinski definition) is 1. The van der Waals surface area contributed by atoms with E-state index in [0.29, 0.717) is 0 Å². The molecule has 0 aliphatic heterocycles. The summed E-state index contributed by atoms with van der Waals surface area (Å²) in [7, 11) is 0. The summed E-state index contributed by atoms with van der Waals surface area (Å²) in [5, 5.41) is 2.13. The predicted molar refractivity (Wildman–Crippen MR) is 82.1 cm³/mol. The Balaban J connectivity index is 6.22. The molecule has 1 amide bonds. The fourth-order valence-electron chi connectivity index (χ4n) is 2.11. The standard InChI is InChI=1S/C15H21NO10/c1-8(19)23-12(6-17)13(24-9(2)20)14(25-10(3)21)15(5,16-7-18)26-11(4)22/h6-7,12-14H,1-5H3,(H,16,18)/t12-,13+,14+,15+/m0/s1. The first kappa shape index (κ1) is 23.0. The van der Waals surface area contributed by atoms with Gasteiger partial charge in [0, 0.05) is 27.7 Å². The van der Waals surface area contributed by atoms with Crippen molar-refractivity contribution in [1.29, 1.82) is 0 Å². The third kappa shape index (κ3) is 7.28. The first-order chi connectivity index (χ1) is 12.0. The minimum Gasteiger partial charge on any atom is -0.454 e. The second-order valence-corrected chi connectivity index (χ2v) is 5.28. The largest absolute Gasteiger partial charge is 0.454 e. The van der Waals surface area contributed by atoms with Crippen LogP contribution < -0.4 is 5.32 Å². The van der Waals surface area contributed by atoms with Gasteiger partial charge in [0.05, 0.1) is 0 Å². The lowest BCUT2D eigenvalue weighted by Gasteiger charge is -2.39.